The van der Waals surface area contributed by atoms with E-state index in [-0.39, 0.29) is 18.5 Å². The number of para-hydroxylation sites is 1. The van der Waals surface area contributed by atoms with Gasteiger partial charge in [-0.15, -0.1) is 0 Å². The van der Waals surface area contributed by atoms with Gasteiger partial charge in [0, 0.05) is 24.8 Å². The second kappa shape index (κ2) is 8.64. The standard InChI is InChI=1S/C20H29N3O3/c1-21(15-20(25)26)17-8-5-11-22(13-10-17)14-19(24)23-12-4-7-16-6-2-3-9-18(16)23/h2-3,6,9,17H,4-5,7-8,10-15H2,1H3,(H,25,26). The number of carbonyl (C=O) groups excluding carboxylic acids is 1. The molecule has 6 heteroatoms. The quantitative estimate of drug-likeness (QED) is 0.869. The van der Waals surface area contributed by atoms with Crippen LogP contribution in [0.4, 0.5) is 5.69 Å². The fraction of sp³-hybridized carbons (Fsp3) is 0.600. The van der Waals surface area contributed by atoms with Crippen LogP contribution in [0.15, 0.2) is 24.3 Å². The van der Waals surface area contributed by atoms with Crippen molar-refractivity contribution < 1.29 is 14.7 Å². The Morgan fingerprint density at radius 1 is 1.15 bits per heavy atom. The molecule has 1 saturated heterocycles. The first-order valence-corrected chi connectivity index (χ1v) is 9.57. The molecule has 1 amide bonds. The van der Waals surface area contributed by atoms with E-state index in [0.29, 0.717) is 6.54 Å². The molecule has 2 aliphatic heterocycles. The number of likely N-dealkylation sites (tertiary alicyclic amines) is 1. The van der Waals surface area contributed by atoms with Crippen molar-refractivity contribution in [1.29, 1.82) is 0 Å². The van der Waals surface area contributed by atoms with E-state index in [1.54, 1.807) is 0 Å². The number of rotatable bonds is 5. The number of likely N-dealkylation sites (N-methyl/N-ethyl adjacent to an activating group) is 1. The average molecular weight is 359 g/mol. The molecule has 1 fully saturated rings. The second-order valence-corrected chi connectivity index (χ2v) is 7.45. The highest BCUT2D eigenvalue weighted by molar-refractivity contribution is 5.95. The van der Waals surface area contributed by atoms with Gasteiger partial charge in [-0.05, 0) is 57.3 Å². The molecule has 3 rings (SSSR count). The van der Waals surface area contributed by atoms with Gasteiger partial charge in [0.25, 0.3) is 0 Å². The minimum Gasteiger partial charge on any atom is -0.480 e. The van der Waals surface area contributed by atoms with Gasteiger partial charge in [0.05, 0.1) is 13.1 Å². The van der Waals surface area contributed by atoms with E-state index in [1.807, 2.05) is 35.0 Å². The van der Waals surface area contributed by atoms with Crippen molar-refractivity contribution >= 4 is 17.6 Å². The van der Waals surface area contributed by atoms with Crippen LogP contribution in [0.1, 0.15) is 31.2 Å². The number of amides is 1. The topological polar surface area (TPSA) is 64.1 Å². The molecule has 1 unspecified atom stereocenters. The fourth-order valence-electron chi connectivity index (χ4n) is 4.15. The smallest absolute Gasteiger partial charge is 0.317 e. The number of aryl methyl sites for hydroxylation is 1. The minimum atomic E-state index is -0.785. The van der Waals surface area contributed by atoms with Crippen molar-refractivity contribution in [3.8, 4) is 0 Å². The van der Waals surface area contributed by atoms with Gasteiger partial charge >= 0.3 is 5.97 Å². The number of fused-ring (bicyclic) bond motifs is 1. The predicted octanol–water partition coefficient (Wildman–Crippen LogP) is 1.84. The molecule has 1 aromatic carbocycles. The Kier molecular flexibility index (Phi) is 6.27. The third kappa shape index (κ3) is 4.62. The molecule has 6 nitrogen and oxygen atoms in total. The molecule has 26 heavy (non-hydrogen) atoms. The highest BCUT2D eigenvalue weighted by atomic mass is 16.4. The first kappa shape index (κ1) is 18.9. The predicted molar refractivity (Wildman–Crippen MR) is 101 cm³/mol. The number of aliphatic carboxylic acids is 1. The fourth-order valence-corrected chi connectivity index (χ4v) is 4.15. The lowest BCUT2D eigenvalue weighted by molar-refractivity contribution is -0.138. The maximum atomic E-state index is 12.9. The summed E-state index contributed by atoms with van der Waals surface area (Å²) in [5, 5.41) is 8.98. The van der Waals surface area contributed by atoms with E-state index >= 15 is 0 Å². The lowest BCUT2D eigenvalue weighted by Gasteiger charge is -2.31. The molecule has 2 heterocycles. The number of carbonyl (C=O) groups is 2. The number of carboxylic acids is 1. The molecule has 1 N–H and O–H groups in total. The Hall–Kier alpha value is -1.92. The van der Waals surface area contributed by atoms with Gasteiger partial charge in [-0.2, -0.15) is 0 Å². The molecule has 0 bridgehead atoms. The largest absolute Gasteiger partial charge is 0.480 e. The van der Waals surface area contributed by atoms with E-state index < -0.39 is 5.97 Å². The van der Waals surface area contributed by atoms with Crippen LogP contribution in [-0.4, -0.2) is 72.6 Å². The number of anilines is 1. The summed E-state index contributed by atoms with van der Waals surface area (Å²) >= 11 is 0. The average Bonchev–Trinajstić information content (AvgIpc) is 2.86. The van der Waals surface area contributed by atoms with Crippen LogP contribution in [-0.2, 0) is 16.0 Å². The first-order chi connectivity index (χ1) is 12.5. The monoisotopic (exact) mass is 359 g/mol. The molecule has 0 aromatic heterocycles. The van der Waals surface area contributed by atoms with Crippen LogP contribution in [0.3, 0.4) is 0 Å². The van der Waals surface area contributed by atoms with Gasteiger partial charge in [-0.1, -0.05) is 18.2 Å². The zero-order valence-corrected chi connectivity index (χ0v) is 15.6. The van der Waals surface area contributed by atoms with Crippen molar-refractivity contribution in [1.82, 2.24) is 9.80 Å². The van der Waals surface area contributed by atoms with Gasteiger partial charge in [0.15, 0.2) is 0 Å². The minimum absolute atomic E-state index is 0.0775. The van der Waals surface area contributed by atoms with Gasteiger partial charge in [0.2, 0.25) is 5.91 Å². The molecule has 1 aromatic rings. The van der Waals surface area contributed by atoms with E-state index in [9.17, 15) is 9.59 Å². The summed E-state index contributed by atoms with van der Waals surface area (Å²) in [5.41, 5.74) is 2.33. The van der Waals surface area contributed by atoms with Crippen molar-refractivity contribution in [2.75, 3.05) is 44.7 Å². The maximum Gasteiger partial charge on any atom is 0.317 e. The molecule has 1 atom stereocenters. The lowest BCUT2D eigenvalue weighted by atomic mass is 10.0. The lowest BCUT2D eigenvalue weighted by Crippen LogP contribution is -2.43. The maximum absolute atomic E-state index is 12.9. The van der Waals surface area contributed by atoms with Crippen molar-refractivity contribution in [3.05, 3.63) is 29.8 Å². The Morgan fingerprint density at radius 3 is 2.77 bits per heavy atom. The Morgan fingerprint density at radius 2 is 1.96 bits per heavy atom. The highest BCUT2D eigenvalue weighted by Crippen LogP contribution is 2.27. The summed E-state index contributed by atoms with van der Waals surface area (Å²) in [7, 11) is 1.88. The summed E-state index contributed by atoms with van der Waals surface area (Å²) in [6, 6.07) is 8.48. The van der Waals surface area contributed by atoms with E-state index in [0.717, 1.165) is 57.4 Å². The summed E-state index contributed by atoms with van der Waals surface area (Å²) in [6.45, 7) is 3.07. The number of nitrogens with zero attached hydrogens (tertiary/aromatic N) is 3. The van der Waals surface area contributed by atoms with Crippen molar-refractivity contribution in [2.45, 2.75) is 38.1 Å². The molecular formula is C20H29N3O3. The molecule has 0 spiro atoms. The number of hydrogen-bond donors (Lipinski definition) is 1. The number of hydrogen-bond acceptors (Lipinski definition) is 4. The molecule has 0 radical (unpaired) electrons. The van der Waals surface area contributed by atoms with Crippen LogP contribution in [0.5, 0.6) is 0 Å². The van der Waals surface area contributed by atoms with Gasteiger partial charge in [0.1, 0.15) is 0 Å². The first-order valence-electron chi connectivity index (χ1n) is 9.57. The molecule has 0 saturated carbocycles. The summed E-state index contributed by atoms with van der Waals surface area (Å²) < 4.78 is 0. The molecule has 0 aliphatic carbocycles. The highest BCUT2D eigenvalue weighted by Gasteiger charge is 2.26. The normalized spacial score (nSPS) is 21.3. The summed E-state index contributed by atoms with van der Waals surface area (Å²) in [5.74, 6) is -0.609. The Bertz CT molecular complexity index is 649. The van der Waals surface area contributed by atoms with Crippen LogP contribution < -0.4 is 4.90 Å². The molecule has 2 aliphatic rings. The third-order valence-corrected chi connectivity index (χ3v) is 5.57. The second-order valence-electron chi connectivity index (χ2n) is 7.45. The van der Waals surface area contributed by atoms with Crippen LogP contribution in [0, 0.1) is 0 Å². The SMILES string of the molecule is CN(CC(=O)O)C1CCCN(CC(=O)N2CCCc3ccccc32)CC1. The molecular weight excluding hydrogens is 330 g/mol. The van der Waals surface area contributed by atoms with Crippen LogP contribution in [0.2, 0.25) is 0 Å². The van der Waals surface area contributed by atoms with E-state index in [1.165, 1.54) is 5.56 Å². The van der Waals surface area contributed by atoms with Crippen molar-refractivity contribution in [3.63, 3.8) is 0 Å². The Labute approximate surface area is 155 Å². The summed E-state index contributed by atoms with van der Waals surface area (Å²) in [6.07, 6.45) is 4.96. The van der Waals surface area contributed by atoms with E-state index in [4.69, 9.17) is 5.11 Å². The van der Waals surface area contributed by atoms with E-state index in [2.05, 4.69) is 11.0 Å². The zero-order valence-electron chi connectivity index (χ0n) is 15.6. The van der Waals surface area contributed by atoms with Crippen LogP contribution >= 0.6 is 0 Å². The number of benzene rings is 1. The van der Waals surface area contributed by atoms with Gasteiger partial charge in [-0.3, -0.25) is 19.4 Å². The van der Waals surface area contributed by atoms with Gasteiger partial charge in [-0.25, -0.2) is 0 Å². The van der Waals surface area contributed by atoms with Gasteiger partial charge < -0.3 is 10.0 Å². The third-order valence-electron chi connectivity index (χ3n) is 5.57. The van der Waals surface area contributed by atoms with Crippen LogP contribution in [0.25, 0.3) is 0 Å². The Balaban J connectivity index is 1.56. The number of carboxylic acid groups (broad SMARTS) is 1. The zero-order chi connectivity index (χ0) is 18.5. The molecule has 142 valence electrons. The summed E-state index contributed by atoms with van der Waals surface area (Å²) in [4.78, 5) is 29.9. The van der Waals surface area contributed by atoms with Crippen molar-refractivity contribution in [2.24, 2.45) is 0 Å².